The molecule has 1 fully saturated rings. The summed E-state index contributed by atoms with van der Waals surface area (Å²) >= 11 is 0. The summed E-state index contributed by atoms with van der Waals surface area (Å²) < 4.78 is 48.4. The number of carbonyl (C=O) groups is 1. The molecule has 3 rings (SSSR count). The van der Waals surface area contributed by atoms with Gasteiger partial charge in [0.2, 0.25) is 0 Å². The van der Waals surface area contributed by atoms with Gasteiger partial charge < -0.3 is 19.9 Å². The second-order valence-electron chi connectivity index (χ2n) is 8.15. The highest BCUT2D eigenvalue weighted by Gasteiger charge is 2.25. The number of amides is 1. The first-order chi connectivity index (χ1) is 14.1. The molecule has 1 saturated carbocycles. The van der Waals surface area contributed by atoms with Gasteiger partial charge in [0, 0.05) is 25.1 Å². The van der Waals surface area contributed by atoms with Crippen LogP contribution in [0.15, 0.2) is 24.4 Å². The Labute approximate surface area is 173 Å². The van der Waals surface area contributed by atoms with Gasteiger partial charge in [0.1, 0.15) is 0 Å². The summed E-state index contributed by atoms with van der Waals surface area (Å²) in [7, 11) is 0. The summed E-state index contributed by atoms with van der Waals surface area (Å²) in [6, 6.07) is 3.54. The number of nitrogens with zero attached hydrogens (tertiary/aromatic N) is 1. The van der Waals surface area contributed by atoms with Gasteiger partial charge in [-0.3, -0.25) is 9.78 Å². The van der Waals surface area contributed by atoms with Crippen LogP contribution in [0, 0.1) is 5.82 Å². The Morgan fingerprint density at radius 2 is 2.00 bits per heavy atom. The number of aliphatic hydroxyl groups is 1. The number of nitrogens with one attached hydrogen (secondary N) is 1. The minimum atomic E-state index is -3.14. The Kier molecular flexibility index (Phi) is 6.82. The lowest BCUT2D eigenvalue weighted by atomic mass is 9.92. The number of pyridine rings is 1. The van der Waals surface area contributed by atoms with Gasteiger partial charge in [-0.1, -0.05) is 0 Å². The number of rotatable bonds is 7. The van der Waals surface area contributed by atoms with Crippen molar-refractivity contribution in [3.8, 4) is 5.75 Å². The molecule has 0 saturated heterocycles. The first-order valence-electron chi connectivity index (χ1n) is 9.80. The number of benzene rings is 1. The van der Waals surface area contributed by atoms with Crippen molar-refractivity contribution < 1.29 is 34.0 Å². The number of hydrogen-bond acceptors (Lipinski definition) is 5. The van der Waals surface area contributed by atoms with E-state index in [0.29, 0.717) is 5.39 Å². The van der Waals surface area contributed by atoms with E-state index < -0.39 is 23.8 Å². The van der Waals surface area contributed by atoms with Crippen molar-refractivity contribution in [1.29, 1.82) is 0 Å². The molecule has 9 heteroatoms. The molecule has 1 amide bonds. The van der Waals surface area contributed by atoms with Crippen molar-refractivity contribution in [3.63, 3.8) is 0 Å². The number of aromatic nitrogens is 1. The third kappa shape index (κ3) is 6.06. The third-order valence-electron chi connectivity index (χ3n) is 4.89. The number of fused-ring (bicyclic) bond motifs is 1. The lowest BCUT2D eigenvalue weighted by Crippen LogP contribution is -2.40. The number of halogens is 3. The van der Waals surface area contributed by atoms with Crippen LogP contribution in [0.25, 0.3) is 10.9 Å². The van der Waals surface area contributed by atoms with Crippen LogP contribution in [0.2, 0.25) is 0 Å². The first-order valence-corrected chi connectivity index (χ1v) is 9.80. The van der Waals surface area contributed by atoms with E-state index in [1.165, 1.54) is 12.3 Å². The fraction of sp³-hybridized carbons (Fsp3) is 0.524. The summed E-state index contributed by atoms with van der Waals surface area (Å²) in [6.45, 7) is 0.500. The molecule has 0 aliphatic heterocycles. The van der Waals surface area contributed by atoms with E-state index in [2.05, 4.69) is 15.0 Å². The van der Waals surface area contributed by atoms with Crippen LogP contribution in [0.4, 0.5) is 13.2 Å². The number of ether oxygens (including phenoxy) is 2. The van der Waals surface area contributed by atoms with Crippen molar-refractivity contribution in [1.82, 2.24) is 10.3 Å². The maximum absolute atomic E-state index is 13.9. The van der Waals surface area contributed by atoms with Gasteiger partial charge in [0.25, 0.3) is 5.91 Å². The second kappa shape index (κ2) is 9.18. The van der Waals surface area contributed by atoms with Gasteiger partial charge in [-0.25, -0.2) is 4.39 Å². The fourth-order valence-electron chi connectivity index (χ4n) is 3.40. The standard InChI is InChI=1S/C21H25F3N2O4.H2/c1-21(2,28)11-29-15-5-3-14(4-6-15)26-19(27)13-7-12-8-16(22)18(30-20(23)24)9-17(12)25-10-13;/h7-10,14-15,20,28H,3-6,11H2,1-2H3,(H,26,27);1H. The summed E-state index contributed by atoms with van der Waals surface area (Å²) in [4.78, 5) is 16.6. The van der Waals surface area contributed by atoms with E-state index in [-0.39, 0.29) is 37.2 Å². The molecule has 2 aromatic rings. The lowest BCUT2D eigenvalue weighted by molar-refractivity contribution is -0.0640. The third-order valence-corrected chi connectivity index (χ3v) is 4.89. The van der Waals surface area contributed by atoms with E-state index in [9.17, 15) is 23.1 Å². The molecule has 1 aromatic carbocycles. The Bertz CT molecular complexity index is 900. The van der Waals surface area contributed by atoms with Crippen LogP contribution in [0.1, 0.15) is 51.3 Å². The molecule has 0 spiro atoms. The van der Waals surface area contributed by atoms with E-state index in [4.69, 9.17) is 4.74 Å². The number of alkyl halides is 2. The van der Waals surface area contributed by atoms with Crippen LogP contribution in [0.3, 0.4) is 0 Å². The number of carbonyl (C=O) groups excluding carboxylic acids is 1. The van der Waals surface area contributed by atoms with Crippen molar-refractivity contribution in [2.24, 2.45) is 0 Å². The average Bonchev–Trinajstić information content (AvgIpc) is 2.66. The van der Waals surface area contributed by atoms with Crippen LogP contribution in [0.5, 0.6) is 5.75 Å². The minimum absolute atomic E-state index is 0. The summed E-state index contributed by atoms with van der Waals surface area (Å²) in [5.74, 6) is -1.88. The zero-order valence-corrected chi connectivity index (χ0v) is 16.8. The maximum atomic E-state index is 13.9. The quantitative estimate of drug-likeness (QED) is 0.696. The Morgan fingerprint density at radius 1 is 1.30 bits per heavy atom. The Hall–Kier alpha value is -2.39. The summed E-state index contributed by atoms with van der Waals surface area (Å²) in [5, 5.41) is 13.0. The van der Waals surface area contributed by atoms with Crippen LogP contribution in [-0.4, -0.2) is 47.0 Å². The van der Waals surface area contributed by atoms with E-state index >= 15 is 0 Å². The Morgan fingerprint density at radius 3 is 2.63 bits per heavy atom. The Balaban J connectivity index is 0.00000341. The van der Waals surface area contributed by atoms with Crippen molar-refractivity contribution in [2.45, 2.75) is 63.9 Å². The molecule has 30 heavy (non-hydrogen) atoms. The van der Waals surface area contributed by atoms with Crippen molar-refractivity contribution >= 4 is 16.8 Å². The number of hydrogen-bond donors (Lipinski definition) is 2. The molecule has 1 heterocycles. The summed E-state index contributed by atoms with van der Waals surface area (Å²) in [5.41, 5.74) is -0.377. The molecular formula is C21H27F3N2O4. The van der Waals surface area contributed by atoms with Crippen LogP contribution in [-0.2, 0) is 4.74 Å². The molecule has 166 valence electrons. The highest BCUT2D eigenvalue weighted by molar-refractivity contribution is 5.97. The van der Waals surface area contributed by atoms with Gasteiger partial charge in [-0.15, -0.1) is 0 Å². The van der Waals surface area contributed by atoms with Gasteiger partial charge in [-0.05, 0) is 51.7 Å². The fourth-order valence-corrected chi connectivity index (χ4v) is 3.40. The molecule has 1 aromatic heterocycles. The molecule has 0 radical (unpaired) electrons. The largest absolute Gasteiger partial charge is 0.432 e. The van der Waals surface area contributed by atoms with E-state index in [1.807, 2.05) is 0 Å². The van der Waals surface area contributed by atoms with Gasteiger partial charge in [0.05, 0.1) is 29.4 Å². The van der Waals surface area contributed by atoms with E-state index in [0.717, 1.165) is 37.8 Å². The van der Waals surface area contributed by atoms with Crippen molar-refractivity contribution in [3.05, 3.63) is 35.8 Å². The smallest absolute Gasteiger partial charge is 0.387 e. The van der Waals surface area contributed by atoms with E-state index in [1.54, 1.807) is 13.8 Å². The highest BCUT2D eigenvalue weighted by atomic mass is 19.3. The average molecular weight is 428 g/mol. The van der Waals surface area contributed by atoms with Crippen molar-refractivity contribution in [2.75, 3.05) is 6.61 Å². The predicted octanol–water partition coefficient (Wildman–Crippen LogP) is 4.05. The second-order valence-corrected chi connectivity index (χ2v) is 8.15. The molecule has 2 N–H and O–H groups in total. The predicted molar refractivity (Wildman–Crippen MR) is 106 cm³/mol. The summed E-state index contributed by atoms with van der Waals surface area (Å²) in [6.07, 6.45) is 4.40. The molecule has 0 unspecified atom stereocenters. The molecule has 0 bridgehead atoms. The first kappa shape index (κ1) is 22.3. The van der Waals surface area contributed by atoms with Gasteiger partial charge in [-0.2, -0.15) is 8.78 Å². The minimum Gasteiger partial charge on any atom is -0.432 e. The molecule has 1 aliphatic carbocycles. The lowest BCUT2D eigenvalue weighted by Gasteiger charge is -2.30. The zero-order chi connectivity index (χ0) is 21.9. The molecule has 1 aliphatic rings. The van der Waals surface area contributed by atoms with Crippen LogP contribution >= 0.6 is 0 Å². The normalized spacial score (nSPS) is 19.8. The topological polar surface area (TPSA) is 80.7 Å². The van der Waals surface area contributed by atoms with Crippen LogP contribution < -0.4 is 10.1 Å². The highest BCUT2D eigenvalue weighted by Crippen LogP contribution is 2.26. The van der Waals surface area contributed by atoms with Gasteiger partial charge >= 0.3 is 6.61 Å². The van der Waals surface area contributed by atoms with Gasteiger partial charge in [0.15, 0.2) is 11.6 Å². The molecule has 0 atom stereocenters. The molecule has 6 nitrogen and oxygen atoms in total. The maximum Gasteiger partial charge on any atom is 0.387 e. The molecular weight excluding hydrogens is 401 g/mol. The monoisotopic (exact) mass is 428 g/mol. The zero-order valence-electron chi connectivity index (χ0n) is 16.8. The SMILES string of the molecule is CC(C)(O)COC1CCC(NC(=O)c2cnc3cc(OC(F)F)c(F)cc3c2)CC1.[HH].